The lowest BCUT2D eigenvalue weighted by Gasteiger charge is -1.92. The molecule has 3 nitrogen and oxygen atoms in total. The van der Waals surface area contributed by atoms with Gasteiger partial charge in [-0.25, -0.2) is 0 Å². The topological polar surface area (TPSA) is 30.2 Å². The van der Waals surface area contributed by atoms with E-state index in [-0.39, 0.29) is 0 Å². The second-order valence-corrected chi connectivity index (χ2v) is 2.22. The summed E-state index contributed by atoms with van der Waals surface area (Å²) < 4.78 is 1.62. The number of aromatic nitrogens is 3. The molecule has 0 bridgehead atoms. The van der Waals surface area contributed by atoms with Crippen molar-refractivity contribution in [1.29, 1.82) is 0 Å². The van der Waals surface area contributed by atoms with Crippen LogP contribution in [0.1, 0.15) is 19.4 Å². The summed E-state index contributed by atoms with van der Waals surface area (Å²) in [5.41, 5.74) is 2.27. The molecule has 64 valence electrons. The number of nitrogens with zero attached hydrogens (tertiary/aromatic N) is 3. The zero-order valence-corrected chi connectivity index (χ0v) is 7.65. The fraction of sp³-hybridized carbons (Fsp3) is 0.333. The van der Waals surface area contributed by atoms with E-state index in [1.807, 2.05) is 32.9 Å². The minimum Gasteiger partial charge on any atom is -0.159 e. The molecule has 3 heteroatoms. The van der Waals surface area contributed by atoms with E-state index >= 15 is 0 Å². The van der Waals surface area contributed by atoms with E-state index in [1.54, 1.807) is 17.0 Å². The van der Waals surface area contributed by atoms with Gasteiger partial charge in [0, 0.05) is 6.20 Å². The van der Waals surface area contributed by atoms with E-state index in [4.69, 9.17) is 0 Å². The monoisotopic (exact) mass is 163 g/mol. The van der Waals surface area contributed by atoms with Gasteiger partial charge in [0.1, 0.15) is 0 Å². The molecule has 0 saturated heterocycles. The molecule has 0 amide bonds. The van der Waals surface area contributed by atoms with Crippen molar-refractivity contribution < 1.29 is 0 Å². The molecule has 0 unspecified atom stereocenters. The molecule has 12 heavy (non-hydrogen) atoms. The molecule has 0 spiro atoms. The van der Waals surface area contributed by atoms with E-state index in [0.29, 0.717) is 0 Å². The van der Waals surface area contributed by atoms with Crippen LogP contribution in [0.3, 0.4) is 0 Å². The maximum atomic E-state index is 4.01. The molecule has 0 fully saturated rings. The highest BCUT2D eigenvalue weighted by molar-refractivity contribution is 5.50. The Morgan fingerprint density at radius 3 is 2.25 bits per heavy atom. The molecular formula is C9H13N3. The number of hydrogen-bond acceptors (Lipinski definition) is 2. The molecule has 2 aromatic rings. The third-order valence-corrected chi connectivity index (χ3v) is 1.53. The lowest BCUT2D eigenvalue weighted by atomic mass is 10.3. The summed E-state index contributed by atoms with van der Waals surface area (Å²) in [6, 6.07) is 3.92. The Hall–Kier alpha value is -1.38. The van der Waals surface area contributed by atoms with Crippen LogP contribution in [0.2, 0.25) is 0 Å². The van der Waals surface area contributed by atoms with Gasteiger partial charge < -0.3 is 0 Å². The van der Waals surface area contributed by atoms with Crippen molar-refractivity contribution in [3.8, 4) is 0 Å². The first-order chi connectivity index (χ1) is 5.88. The standard InChI is InChI=1S/C7H7N3.C2H6/c1-6-2-4-8-10-7(6)3-5-9-10;1-2/h2-5H,1H3;1-2H3. The van der Waals surface area contributed by atoms with E-state index < -0.39 is 0 Å². The second-order valence-electron chi connectivity index (χ2n) is 2.22. The van der Waals surface area contributed by atoms with Crippen LogP contribution in [-0.2, 0) is 0 Å². The van der Waals surface area contributed by atoms with Gasteiger partial charge >= 0.3 is 0 Å². The van der Waals surface area contributed by atoms with Crippen molar-refractivity contribution in [2.75, 3.05) is 0 Å². The predicted octanol–water partition coefficient (Wildman–Crippen LogP) is 2.06. The Bertz CT molecular complexity index is 351. The Morgan fingerprint density at radius 1 is 1.08 bits per heavy atom. The first kappa shape index (κ1) is 8.71. The van der Waals surface area contributed by atoms with E-state index in [1.165, 1.54) is 5.56 Å². The summed E-state index contributed by atoms with van der Waals surface area (Å²) in [4.78, 5) is 0. The first-order valence-electron chi connectivity index (χ1n) is 4.13. The molecule has 0 aliphatic rings. The van der Waals surface area contributed by atoms with Crippen LogP contribution in [0.4, 0.5) is 0 Å². The number of fused-ring (bicyclic) bond motifs is 1. The number of hydrogen-bond donors (Lipinski definition) is 0. The largest absolute Gasteiger partial charge is 0.159 e. The molecule has 2 heterocycles. The van der Waals surface area contributed by atoms with Crippen LogP contribution in [0, 0.1) is 6.92 Å². The highest BCUT2D eigenvalue weighted by atomic mass is 15.4. The van der Waals surface area contributed by atoms with Gasteiger partial charge in [-0.2, -0.15) is 14.8 Å². The lowest BCUT2D eigenvalue weighted by Crippen LogP contribution is -1.92. The maximum Gasteiger partial charge on any atom is 0.0902 e. The van der Waals surface area contributed by atoms with Crippen LogP contribution >= 0.6 is 0 Å². The Labute approximate surface area is 72.0 Å². The van der Waals surface area contributed by atoms with Gasteiger partial charge in [-0.1, -0.05) is 13.8 Å². The molecule has 0 aliphatic heterocycles. The van der Waals surface area contributed by atoms with Crippen molar-refractivity contribution in [3.05, 3.63) is 30.1 Å². The normalized spacial score (nSPS) is 9.25. The molecule has 0 saturated carbocycles. The summed E-state index contributed by atoms with van der Waals surface area (Å²) in [6.45, 7) is 6.04. The van der Waals surface area contributed by atoms with Gasteiger partial charge in [0.05, 0.1) is 11.7 Å². The smallest absolute Gasteiger partial charge is 0.0902 e. The second kappa shape index (κ2) is 3.85. The van der Waals surface area contributed by atoms with Gasteiger partial charge in [0.15, 0.2) is 0 Å². The SMILES string of the molecule is CC.Cc1ccnn2nccc12. The Balaban J connectivity index is 0.000000336. The lowest BCUT2D eigenvalue weighted by molar-refractivity contribution is 0.796. The van der Waals surface area contributed by atoms with Crippen molar-refractivity contribution in [1.82, 2.24) is 14.8 Å². The number of aryl methyl sites for hydroxylation is 1. The van der Waals surface area contributed by atoms with Crippen LogP contribution in [0.15, 0.2) is 24.5 Å². The molecule has 0 aliphatic carbocycles. The first-order valence-corrected chi connectivity index (χ1v) is 4.13. The average molecular weight is 163 g/mol. The van der Waals surface area contributed by atoms with Crippen LogP contribution < -0.4 is 0 Å². The summed E-state index contributed by atoms with van der Waals surface area (Å²) in [7, 11) is 0. The highest BCUT2D eigenvalue weighted by Gasteiger charge is 1.94. The van der Waals surface area contributed by atoms with Crippen LogP contribution in [-0.4, -0.2) is 14.8 Å². The van der Waals surface area contributed by atoms with Gasteiger partial charge in [0.25, 0.3) is 0 Å². The molecular weight excluding hydrogens is 150 g/mol. The molecule has 0 N–H and O–H groups in total. The predicted molar refractivity (Wildman–Crippen MR) is 49.1 cm³/mol. The third kappa shape index (κ3) is 1.44. The fourth-order valence-electron chi connectivity index (χ4n) is 0.971. The van der Waals surface area contributed by atoms with Crippen molar-refractivity contribution in [2.24, 2.45) is 0 Å². The maximum absolute atomic E-state index is 4.01. The van der Waals surface area contributed by atoms with Crippen LogP contribution in [0.25, 0.3) is 5.52 Å². The molecule has 0 radical (unpaired) electrons. The van der Waals surface area contributed by atoms with Gasteiger partial charge in [0.2, 0.25) is 0 Å². The Kier molecular flexibility index (Phi) is 2.80. The van der Waals surface area contributed by atoms with Gasteiger partial charge in [-0.05, 0) is 24.6 Å². The van der Waals surface area contributed by atoms with Crippen molar-refractivity contribution >= 4 is 5.52 Å². The van der Waals surface area contributed by atoms with E-state index in [9.17, 15) is 0 Å². The molecule has 2 aromatic heterocycles. The van der Waals surface area contributed by atoms with E-state index in [2.05, 4.69) is 10.2 Å². The highest BCUT2D eigenvalue weighted by Crippen LogP contribution is 2.04. The quantitative estimate of drug-likeness (QED) is 0.595. The van der Waals surface area contributed by atoms with E-state index in [0.717, 1.165) is 5.52 Å². The molecule has 2 rings (SSSR count). The zero-order chi connectivity index (χ0) is 8.97. The molecule has 0 atom stereocenters. The minimum atomic E-state index is 1.07. The Morgan fingerprint density at radius 2 is 1.67 bits per heavy atom. The van der Waals surface area contributed by atoms with Gasteiger partial charge in [-0.15, -0.1) is 0 Å². The summed E-state index contributed by atoms with van der Waals surface area (Å²) >= 11 is 0. The summed E-state index contributed by atoms with van der Waals surface area (Å²) in [6.07, 6.45) is 3.49. The number of rotatable bonds is 0. The third-order valence-electron chi connectivity index (χ3n) is 1.53. The fourth-order valence-corrected chi connectivity index (χ4v) is 0.971. The van der Waals surface area contributed by atoms with Crippen molar-refractivity contribution in [3.63, 3.8) is 0 Å². The molecule has 0 aromatic carbocycles. The minimum absolute atomic E-state index is 1.07. The van der Waals surface area contributed by atoms with Gasteiger partial charge in [-0.3, -0.25) is 0 Å². The van der Waals surface area contributed by atoms with Crippen molar-refractivity contribution in [2.45, 2.75) is 20.8 Å². The van der Waals surface area contributed by atoms with Crippen LogP contribution in [0.5, 0.6) is 0 Å². The zero-order valence-electron chi connectivity index (χ0n) is 7.65. The average Bonchev–Trinajstić information content (AvgIpc) is 2.57. The summed E-state index contributed by atoms with van der Waals surface area (Å²) in [5.74, 6) is 0. The summed E-state index contributed by atoms with van der Waals surface area (Å²) in [5, 5.41) is 7.99.